The highest BCUT2D eigenvalue weighted by atomic mass is 16.3. The molecule has 1 saturated heterocycles. The molecule has 3 rings (SSSR count). The highest BCUT2D eigenvalue weighted by Crippen LogP contribution is 2.13. The van der Waals surface area contributed by atoms with E-state index in [1.807, 2.05) is 29.2 Å². The van der Waals surface area contributed by atoms with E-state index < -0.39 is 0 Å². The topological polar surface area (TPSA) is 72.5 Å². The second-order valence-electron chi connectivity index (χ2n) is 6.58. The number of rotatable bonds is 6. The number of aliphatic hydroxyl groups is 1. The summed E-state index contributed by atoms with van der Waals surface area (Å²) in [7, 11) is 0. The number of aryl methyl sites for hydroxylation is 1. The molecule has 1 atom stereocenters. The molecule has 1 aliphatic rings. The summed E-state index contributed by atoms with van der Waals surface area (Å²) in [5.74, 6) is 1.17. The van der Waals surface area contributed by atoms with Gasteiger partial charge >= 0.3 is 0 Å². The van der Waals surface area contributed by atoms with Gasteiger partial charge in [-0.3, -0.25) is 9.69 Å². The standard InChI is InChI=1S/C18H26N4O2/c1-14(23)13-21-9-11-22(12-10-21)18(24)8-4-7-17-19-15-5-2-3-6-16(15)20-17/h2-3,5-6,14,23H,4,7-13H2,1H3,(H,19,20)/t14-/m1/s1. The highest BCUT2D eigenvalue weighted by Gasteiger charge is 2.21. The van der Waals surface area contributed by atoms with Crippen LogP contribution in [0.2, 0.25) is 0 Å². The second-order valence-corrected chi connectivity index (χ2v) is 6.58. The fraction of sp³-hybridized carbons (Fsp3) is 0.556. The van der Waals surface area contributed by atoms with E-state index in [4.69, 9.17) is 0 Å². The Hall–Kier alpha value is -1.92. The Balaban J connectivity index is 1.41. The number of nitrogens with zero attached hydrogens (tertiary/aromatic N) is 3. The van der Waals surface area contributed by atoms with Crippen molar-refractivity contribution in [2.75, 3.05) is 32.7 Å². The van der Waals surface area contributed by atoms with Crippen LogP contribution in [0.4, 0.5) is 0 Å². The minimum atomic E-state index is -0.309. The van der Waals surface area contributed by atoms with E-state index in [9.17, 15) is 9.90 Å². The zero-order valence-electron chi connectivity index (χ0n) is 14.2. The van der Waals surface area contributed by atoms with Gasteiger partial charge in [0.2, 0.25) is 5.91 Å². The molecule has 0 saturated carbocycles. The van der Waals surface area contributed by atoms with Gasteiger partial charge in [0, 0.05) is 45.6 Å². The van der Waals surface area contributed by atoms with Crippen molar-refractivity contribution in [1.82, 2.24) is 19.8 Å². The van der Waals surface area contributed by atoms with Crippen LogP contribution in [0.25, 0.3) is 11.0 Å². The number of hydrogen-bond acceptors (Lipinski definition) is 4. The first kappa shape index (κ1) is 16.9. The van der Waals surface area contributed by atoms with Crippen molar-refractivity contribution in [3.05, 3.63) is 30.1 Å². The number of para-hydroxylation sites is 2. The fourth-order valence-corrected chi connectivity index (χ4v) is 3.24. The molecule has 6 heteroatoms. The number of nitrogens with one attached hydrogen (secondary N) is 1. The van der Waals surface area contributed by atoms with Gasteiger partial charge in [-0.05, 0) is 25.5 Å². The molecule has 1 aliphatic heterocycles. The minimum Gasteiger partial charge on any atom is -0.392 e. The van der Waals surface area contributed by atoms with Crippen molar-refractivity contribution >= 4 is 16.9 Å². The van der Waals surface area contributed by atoms with Crippen molar-refractivity contribution in [2.45, 2.75) is 32.3 Å². The van der Waals surface area contributed by atoms with Crippen LogP contribution < -0.4 is 0 Å². The first-order valence-electron chi connectivity index (χ1n) is 8.73. The van der Waals surface area contributed by atoms with Gasteiger partial charge in [0.05, 0.1) is 17.1 Å². The third kappa shape index (κ3) is 4.33. The van der Waals surface area contributed by atoms with Crippen LogP contribution in [0.1, 0.15) is 25.6 Å². The number of hydrogen-bond donors (Lipinski definition) is 2. The Morgan fingerprint density at radius 3 is 2.75 bits per heavy atom. The number of carbonyl (C=O) groups excluding carboxylic acids is 1. The molecule has 0 aliphatic carbocycles. The molecule has 0 unspecified atom stereocenters. The molecule has 1 fully saturated rings. The largest absolute Gasteiger partial charge is 0.392 e. The summed E-state index contributed by atoms with van der Waals surface area (Å²) in [4.78, 5) is 24.3. The summed E-state index contributed by atoms with van der Waals surface area (Å²) in [6.07, 6.45) is 1.86. The van der Waals surface area contributed by atoms with Crippen LogP contribution >= 0.6 is 0 Å². The Bertz CT molecular complexity index is 641. The lowest BCUT2D eigenvalue weighted by Gasteiger charge is -2.35. The van der Waals surface area contributed by atoms with Gasteiger partial charge in [0.15, 0.2) is 0 Å². The molecule has 0 radical (unpaired) electrons. The van der Waals surface area contributed by atoms with Crippen LogP contribution in [0, 0.1) is 0 Å². The molecular formula is C18H26N4O2. The predicted octanol–water partition coefficient (Wildman–Crippen LogP) is 1.41. The van der Waals surface area contributed by atoms with Crippen LogP contribution in [-0.2, 0) is 11.2 Å². The Morgan fingerprint density at radius 2 is 2.04 bits per heavy atom. The Kier molecular flexibility index (Phi) is 5.48. The summed E-state index contributed by atoms with van der Waals surface area (Å²) >= 11 is 0. The van der Waals surface area contributed by atoms with Crippen LogP contribution in [0.3, 0.4) is 0 Å². The SMILES string of the molecule is C[C@@H](O)CN1CCN(C(=O)CCCc2nc3ccccc3[nH]2)CC1. The lowest BCUT2D eigenvalue weighted by atomic mass is 10.2. The van der Waals surface area contributed by atoms with Crippen molar-refractivity contribution < 1.29 is 9.90 Å². The first-order chi connectivity index (χ1) is 11.6. The first-order valence-corrected chi connectivity index (χ1v) is 8.73. The van der Waals surface area contributed by atoms with Crippen molar-refractivity contribution in [3.63, 3.8) is 0 Å². The number of carbonyl (C=O) groups is 1. The zero-order chi connectivity index (χ0) is 16.9. The summed E-state index contributed by atoms with van der Waals surface area (Å²) in [5, 5.41) is 9.43. The smallest absolute Gasteiger partial charge is 0.222 e. The van der Waals surface area contributed by atoms with Gasteiger partial charge in [-0.2, -0.15) is 0 Å². The normalized spacial score (nSPS) is 17.3. The summed E-state index contributed by atoms with van der Waals surface area (Å²) in [6.45, 7) is 5.70. The number of aromatic nitrogens is 2. The molecule has 0 bridgehead atoms. The number of amides is 1. The zero-order valence-corrected chi connectivity index (χ0v) is 14.2. The Labute approximate surface area is 142 Å². The number of benzene rings is 1. The lowest BCUT2D eigenvalue weighted by Crippen LogP contribution is -2.50. The van der Waals surface area contributed by atoms with Gasteiger partial charge in [-0.1, -0.05) is 12.1 Å². The van der Waals surface area contributed by atoms with Gasteiger partial charge in [-0.25, -0.2) is 4.98 Å². The van der Waals surface area contributed by atoms with Crippen LogP contribution in [0.15, 0.2) is 24.3 Å². The summed E-state index contributed by atoms with van der Waals surface area (Å²) in [6, 6.07) is 7.98. The number of β-amino-alcohol motifs (C(OH)–C–C–N with tert-alkyl or cyclic N) is 1. The van der Waals surface area contributed by atoms with Gasteiger partial charge < -0.3 is 15.0 Å². The summed E-state index contributed by atoms with van der Waals surface area (Å²) < 4.78 is 0. The molecule has 2 aromatic rings. The van der Waals surface area contributed by atoms with E-state index in [-0.39, 0.29) is 12.0 Å². The molecule has 2 N–H and O–H groups in total. The van der Waals surface area contributed by atoms with E-state index in [2.05, 4.69) is 14.9 Å². The molecule has 2 heterocycles. The number of fused-ring (bicyclic) bond motifs is 1. The third-order valence-corrected chi connectivity index (χ3v) is 4.49. The maximum atomic E-state index is 12.3. The van der Waals surface area contributed by atoms with Gasteiger partial charge in [0.25, 0.3) is 0 Å². The van der Waals surface area contributed by atoms with Gasteiger partial charge in [0.1, 0.15) is 5.82 Å². The number of H-pyrrole nitrogens is 1. The van der Waals surface area contributed by atoms with Crippen molar-refractivity contribution in [3.8, 4) is 0 Å². The molecule has 130 valence electrons. The third-order valence-electron chi connectivity index (χ3n) is 4.49. The average Bonchev–Trinajstić information content (AvgIpc) is 2.97. The Morgan fingerprint density at radius 1 is 1.29 bits per heavy atom. The van der Waals surface area contributed by atoms with Crippen molar-refractivity contribution in [2.24, 2.45) is 0 Å². The molecule has 0 spiro atoms. The molecule has 1 aromatic heterocycles. The van der Waals surface area contributed by atoms with Gasteiger partial charge in [-0.15, -0.1) is 0 Å². The molecule has 24 heavy (non-hydrogen) atoms. The lowest BCUT2D eigenvalue weighted by molar-refractivity contribution is -0.133. The number of aliphatic hydroxyl groups excluding tert-OH is 1. The van der Waals surface area contributed by atoms with Crippen LogP contribution in [-0.4, -0.2) is 69.6 Å². The van der Waals surface area contributed by atoms with E-state index >= 15 is 0 Å². The van der Waals surface area contributed by atoms with Crippen LogP contribution in [0.5, 0.6) is 0 Å². The quantitative estimate of drug-likeness (QED) is 0.840. The second kappa shape index (κ2) is 7.77. The maximum Gasteiger partial charge on any atom is 0.222 e. The fourth-order valence-electron chi connectivity index (χ4n) is 3.24. The van der Waals surface area contributed by atoms with E-state index in [1.54, 1.807) is 6.92 Å². The molecule has 1 aromatic carbocycles. The average molecular weight is 330 g/mol. The van der Waals surface area contributed by atoms with E-state index in [1.165, 1.54) is 0 Å². The number of piperazine rings is 1. The minimum absolute atomic E-state index is 0.225. The number of imidazole rings is 1. The molecular weight excluding hydrogens is 304 g/mol. The highest BCUT2D eigenvalue weighted by molar-refractivity contribution is 5.76. The number of aromatic amines is 1. The monoisotopic (exact) mass is 330 g/mol. The summed E-state index contributed by atoms with van der Waals surface area (Å²) in [5.41, 5.74) is 2.03. The molecule has 6 nitrogen and oxygen atoms in total. The molecule has 1 amide bonds. The van der Waals surface area contributed by atoms with Crippen molar-refractivity contribution in [1.29, 1.82) is 0 Å². The van der Waals surface area contributed by atoms with E-state index in [0.29, 0.717) is 13.0 Å². The van der Waals surface area contributed by atoms with E-state index in [0.717, 1.165) is 55.9 Å². The predicted molar refractivity (Wildman–Crippen MR) is 93.7 cm³/mol. The maximum absolute atomic E-state index is 12.3.